The molecule has 0 aromatic heterocycles. The van der Waals surface area contributed by atoms with Gasteiger partial charge in [-0.05, 0) is 31.3 Å². The van der Waals surface area contributed by atoms with Crippen LogP contribution in [0, 0.1) is 0 Å². The maximum atomic E-state index is 12.6. The van der Waals surface area contributed by atoms with Crippen LogP contribution in [-0.2, 0) is 0 Å². The monoisotopic (exact) mass is 165 g/mol. The van der Waals surface area contributed by atoms with E-state index in [4.69, 9.17) is 5.73 Å². The SMILES string of the molecule is Cl.NCC(F)=C1CCCC1. The Bertz CT molecular complexity index is 126. The molecule has 0 spiro atoms. The summed E-state index contributed by atoms with van der Waals surface area (Å²) in [6, 6.07) is 0. The average molecular weight is 166 g/mol. The summed E-state index contributed by atoms with van der Waals surface area (Å²) in [6.07, 6.45) is 4.15. The third kappa shape index (κ3) is 2.27. The second-order valence-electron chi connectivity index (χ2n) is 2.42. The van der Waals surface area contributed by atoms with E-state index in [1.807, 2.05) is 0 Å². The lowest BCUT2D eigenvalue weighted by atomic mass is 10.2. The minimum Gasteiger partial charge on any atom is -0.325 e. The van der Waals surface area contributed by atoms with E-state index in [-0.39, 0.29) is 24.8 Å². The second kappa shape index (κ2) is 4.69. The Hall–Kier alpha value is -0.0800. The van der Waals surface area contributed by atoms with E-state index < -0.39 is 0 Å². The molecular formula is C7H13ClFN. The van der Waals surface area contributed by atoms with E-state index in [1.165, 1.54) is 0 Å². The molecule has 1 fully saturated rings. The minimum absolute atomic E-state index is 0. The summed E-state index contributed by atoms with van der Waals surface area (Å²) < 4.78 is 12.6. The Kier molecular flexibility index (Phi) is 4.65. The van der Waals surface area contributed by atoms with Gasteiger partial charge in [-0.1, -0.05) is 0 Å². The molecule has 2 N–H and O–H groups in total. The molecular weight excluding hydrogens is 153 g/mol. The van der Waals surface area contributed by atoms with Gasteiger partial charge < -0.3 is 5.73 Å². The number of nitrogens with two attached hydrogens (primary N) is 1. The molecule has 0 heterocycles. The molecule has 0 saturated heterocycles. The second-order valence-corrected chi connectivity index (χ2v) is 2.42. The van der Waals surface area contributed by atoms with Gasteiger partial charge in [0.15, 0.2) is 0 Å². The van der Waals surface area contributed by atoms with E-state index in [0.29, 0.717) is 0 Å². The fourth-order valence-corrected chi connectivity index (χ4v) is 1.22. The van der Waals surface area contributed by atoms with Crippen molar-refractivity contribution in [3.63, 3.8) is 0 Å². The largest absolute Gasteiger partial charge is 0.325 e. The molecule has 3 heteroatoms. The molecule has 1 nitrogen and oxygen atoms in total. The van der Waals surface area contributed by atoms with Crippen LogP contribution < -0.4 is 5.73 Å². The molecule has 0 bridgehead atoms. The van der Waals surface area contributed by atoms with Gasteiger partial charge in [0.25, 0.3) is 0 Å². The first-order valence-corrected chi connectivity index (χ1v) is 3.41. The molecule has 10 heavy (non-hydrogen) atoms. The molecule has 0 atom stereocenters. The van der Waals surface area contributed by atoms with Crippen LogP contribution in [0.1, 0.15) is 25.7 Å². The number of allylic oxidation sites excluding steroid dienone is 1. The topological polar surface area (TPSA) is 26.0 Å². The van der Waals surface area contributed by atoms with Gasteiger partial charge in [0.1, 0.15) is 5.83 Å². The summed E-state index contributed by atoms with van der Waals surface area (Å²) in [5.74, 6) is -0.0764. The van der Waals surface area contributed by atoms with E-state index in [2.05, 4.69) is 0 Å². The van der Waals surface area contributed by atoms with E-state index in [1.54, 1.807) is 0 Å². The Balaban J connectivity index is 0.000000810. The number of hydrogen-bond acceptors (Lipinski definition) is 1. The van der Waals surface area contributed by atoms with Gasteiger partial charge in [-0.25, -0.2) is 4.39 Å². The molecule has 0 aromatic carbocycles. The highest BCUT2D eigenvalue weighted by molar-refractivity contribution is 5.85. The molecule has 1 aliphatic carbocycles. The first kappa shape index (κ1) is 9.92. The smallest absolute Gasteiger partial charge is 0.113 e. The van der Waals surface area contributed by atoms with Crippen LogP contribution in [0.3, 0.4) is 0 Å². The van der Waals surface area contributed by atoms with Crippen molar-refractivity contribution in [1.29, 1.82) is 0 Å². The quantitative estimate of drug-likeness (QED) is 0.633. The van der Waals surface area contributed by atoms with Crippen LogP contribution in [0.25, 0.3) is 0 Å². The zero-order valence-electron chi connectivity index (χ0n) is 5.90. The maximum absolute atomic E-state index is 12.6. The van der Waals surface area contributed by atoms with Crippen molar-refractivity contribution in [3.05, 3.63) is 11.4 Å². The third-order valence-electron chi connectivity index (χ3n) is 1.77. The lowest BCUT2D eigenvalue weighted by molar-refractivity contribution is 0.599. The summed E-state index contributed by atoms with van der Waals surface area (Å²) in [5.41, 5.74) is 6.08. The highest BCUT2D eigenvalue weighted by Gasteiger charge is 2.10. The van der Waals surface area contributed by atoms with E-state index >= 15 is 0 Å². The van der Waals surface area contributed by atoms with Crippen LogP contribution in [0.4, 0.5) is 4.39 Å². The van der Waals surface area contributed by atoms with Gasteiger partial charge in [-0.3, -0.25) is 0 Å². The predicted molar refractivity (Wildman–Crippen MR) is 42.9 cm³/mol. The Labute approximate surface area is 66.9 Å². The lowest BCUT2D eigenvalue weighted by Crippen LogP contribution is -2.00. The zero-order valence-corrected chi connectivity index (χ0v) is 6.72. The fourth-order valence-electron chi connectivity index (χ4n) is 1.22. The third-order valence-corrected chi connectivity index (χ3v) is 1.77. The van der Waals surface area contributed by atoms with E-state index in [0.717, 1.165) is 31.3 Å². The van der Waals surface area contributed by atoms with Crippen molar-refractivity contribution in [2.75, 3.05) is 6.54 Å². The number of rotatable bonds is 1. The summed E-state index contributed by atoms with van der Waals surface area (Å²) >= 11 is 0. The summed E-state index contributed by atoms with van der Waals surface area (Å²) in [4.78, 5) is 0. The highest BCUT2D eigenvalue weighted by atomic mass is 35.5. The van der Waals surface area contributed by atoms with Crippen molar-refractivity contribution in [1.82, 2.24) is 0 Å². The number of halogens is 2. The van der Waals surface area contributed by atoms with Crippen LogP contribution in [0.5, 0.6) is 0 Å². The standard InChI is InChI=1S/C7H12FN.ClH/c8-7(5-9)6-3-1-2-4-6;/h1-5,9H2;1H. The summed E-state index contributed by atoms with van der Waals surface area (Å²) in [5, 5.41) is 0. The molecule has 0 radical (unpaired) electrons. The van der Waals surface area contributed by atoms with Crippen LogP contribution in [0.2, 0.25) is 0 Å². The minimum atomic E-state index is -0.0764. The van der Waals surface area contributed by atoms with Gasteiger partial charge in [0.05, 0.1) is 0 Å². The summed E-state index contributed by atoms with van der Waals surface area (Å²) in [6.45, 7) is 0.0926. The van der Waals surface area contributed by atoms with Crippen molar-refractivity contribution < 1.29 is 4.39 Å². The molecule has 60 valence electrons. The fraction of sp³-hybridized carbons (Fsp3) is 0.714. The van der Waals surface area contributed by atoms with Crippen LogP contribution in [0.15, 0.2) is 11.4 Å². The predicted octanol–water partition coefficient (Wildman–Crippen LogP) is 2.16. The first-order valence-electron chi connectivity index (χ1n) is 3.41. The van der Waals surface area contributed by atoms with Gasteiger partial charge in [-0.2, -0.15) is 0 Å². The van der Waals surface area contributed by atoms with Gasteiger partial charge in [-0.15, -0.1) is 12.4 Å². The van der Waals surface area contributed by atoms with Crippen molar-refractivity contribution in [2.24, 2.45) is 5.73 Å². The van der Waals surface area contributed by atoms with E-state index in [9.17, 15) is 4.39 Å². The molecule has 1 saturated carbocycles. The zero-order chi connectivity index (χ0) is 6.69. The van der Waals surface area contributed by atoms with Gasteiger partial charge >= 0.3 is 0 Å². The first-order chi connectivity index (χ1) is 4.34. The lowest BCUT2D eigenvalue weighted by Gasteiger charge is -1.95. The average Bonchev–Trinajstić information content (AvgIpc) is 2.37. The number of hydrogen-bond donors (Lipinski definition) is 1. The Morgan fingerprint density at radius 1 is 1.40 bits per heavy atom. The molecule has 1 aliphatic rings. The maximum Gasteiger partial charge on any atom is 0.113 e. The molecule has 0 aliphatic heterocycles. The van der Waals surface area contributed by atoms with Crippen molar-refractivity contribution >= 4 is 12.4 Å². The Morgan fingerprint density at radius 2 is 1.90 bits per heavy atom. The Morgan fingerprint density at radius 3 is 2.30 bits per heavy atom. The summed E-state index contributed by atoms with van der Waals surface area (Å²) in [7, 11) is 0. The normalized spacial score (nSPS) is 16.8. The van der Waals surface area contributed by atoms with Crippen molar-refractivity contribution in [2.45, 2.75) is 25.7 Å². The molecule has 0 unspecified atom stereocenters. The van der Waals surface area contributed by atoms with Crippen LogP contribution >= 0.6 is 12.4 Å². The van der Waals surface area contributed by atoms with Crippen molar-refractivity contribution in [3.8, 4) is 0 Å². The highest BCUT2D eigenvalue weighted by Crippen LogP contribution is 2.26. The van der Waals surface area contributed by atoms with Gasteiger partial charge in [0, 0.05) is 6.54 Å². The molecule has 0 aromatic rings. The van der Waals surface area contributed by atoms with Gasteiger partial charge in [0.2, 0.25) is 0 Å². The molecule has 0 amide bonds. The van der Waals surface area contributed by atoms with Crippen LogP contribution in [-0.4, -0.2) is 6.54 Å². The molecule has 1 rings (SSSR count).